The van der Waals surface area contributed by atoms with Gasteiger partial charge in [-0.05, 0) is 54.3 Å². The lowest BCUT2D eigenvalue weighted by Gasteiger charge is -2.16. The number of ether oxygens (including phenoxy) is 2. The Hall–Kier alpha value is -2.52. The minimum atomic E-state index is 0.194. The monoisotopic (exact) mass is 377 g/mol. The van der Waals surface area contributed by atoms with E-state index in [1.807, 2.05) is 26.0 Å². The van der Waals surface area contributed by atoms with E-state index in [2.05, 4.69) is 67.7 Å². The highest BCUT2D eigenvalue weighted by atomic mass is 16.5. The van der Waals surface area contributed by atoms with Crippen molar-refractivity contribution in [1.29, 1.82) is 0 Å². The van der Waals surface area contributed by atoms with E-state index >= 15 is 0 Å². The van der Waals surface area contributed by atoms with Gasteiger partial charge in [-0.3, -0.25) is 0 Å². The number of nitrogens with one attached hydrogen (secondary N) is 1. The number of fused-ring (bicyclic) bond motifs is 1. The highest BCUT2D eigenvalue weighted by Gasteiger charge is 2.10. The van der Waals surface area contributed by atoms with Crippen LogP contribution in [0.2, 0.25) is 0 Å². The Bertz CT molecular complexity index is 885. The van der Waals surface area contributed by atoms with Crippen LogP contribution in [0.4, 0.5) is 0 Å². The molecular formula is C25H31NO2. The molecule has 3 aromatic carbocycles. The molecule has 28 heavy (non-hydrogen) atoms. The standard InChI is InChI=1S/C25H31NO2/c1-18(2)17-27-25-14-11-21-7-5-6-8-23(21)24(25)16-26-15-20-9-12-22(13-10-20)28-19(3)4/h5-14,18-19,26H,15-17H2,1-4H3. The zero-order valence-electron chi connectivity index (χ0n) is 17.4. The molecule has 0 aliphatic heterocycles. The first kappa shape index (κ1) is 20.2. The van der Waals surface area contributed by atoms with Crippen LogP contribution < -0.4 is 14.8 Å². The molecule has 0 heterocycles. The highest BCUT2D eigenvalue weighted by molar-refractivity contribution is 5.87. The van der Waals surface area contributed by atoms with Crippen molar-refractivity contribution in [2.75, 3.05) is 6.61 Å². The smallest absolute Gasteiger partial charge is 0.124 e. The number of hydrogen-bond acceptors (Lipinski definition) is 3. The number of benzene rings is 3. The fraction of sp³-hybridized carbons (Fsp3) is 0.360. The Labute approximate surface area is 168 Å². The average Bonchev–Trinajstić information content (AvgIpc) is 2.68. The third kappa shape index (κ3) is 5.49. The Kier molecular flexibility index (Phi) is 6.94. The van der Waals surface area contributed by atoms with Gasteiger partial charge in [-0.2, -0.15) is 0 Å². The summed E-state index contributed by atoms with van der Waals surface area (Å²) in [6, 6.07) is 21.0. The fourth-order valence-corrected chi connectivity index (χ4v) is 3.18. The molecule has 0 aliphatic rings. The third-order valence-electron chi connectivity index (χ3n) is 4.50. The van der Waals surface area contributed by atoms with Crippen molar-refractivity contribution < 1.29 is 9.47 Å². The molecule has 148 valence electrons. The van der Waals surface area contributed by atoms with Crippen molar-refractivity contribution >= 4 is 10.8 Å². The summed E-state index contributed by atoms with van der Waals surface area (Å²) >= 11 is 0. The van der Waals surface area contributed by atoms with E-state index in [0.29, 0.717) is 5.92 Å². The first-order chi connectivity index (χ1) is 13.5. The second-order valence-electron chi connectivity index (χ2n) is 7.88. The van der Waals surface area contributed by atoms with E-state index in [-0.39, 0.29) is 6.10 Å². The van der Waals surface area contributed by atoms with Gasteiger partial charge < -0.3 is 14.8 Å². The van der Waals surface area contributed by atoms with Crippen LogP contribution in [-0.2, 0) is 13.1 Å². The second kappa shape index (κ2) is 9.61. The first-order valence-corrected chi connectivity index (χ1v) is 10.1. The molecule has 0 aliphatic carbocycles. The van der Waals surface area contributed by atoms with Crippen molar-refractivity contribution in [3.05, 3.63) is 71.8 Å². The van der Waals surface area contributed by atoms with Gasteiger partial charge in [0.05, 0.1) is 12.7 Å². The molecule has 3 rings (SSSR count). The maximum Gasteiger partial charge on any atom is 0.124 e. The molecule has 0 saturated carbocycles. The minimum absolute atomic E-state index is 0.194. The van der Waals surface area contributed by atoms with Gasteiger partial charge in [-0.1, -0.05) is 56.3 Å². The van der Waals surface area contributed by atoms with Gasteiger partial charge in [0.1, 0.15) is 11.5 Å². The Morgan fingerprint density at radius 1 is 0.821 bits per heavy atom. The Morgan fingerprint density at radius 3 is 2.29 bits per heavy atom. The fourth-order valence-electron chi connectivity index (χ4n) is 3.18. The van der Waals surface area contributed by atoms with Crippen molar-refractivity contribution in [3.63, 3.8) is 0 Å². The zero-order chi connectivity index (χ0) is 19.9. The van der Waals surface area contributed by atoms with Crippen LogP contribution >= 0.6 is 0 Å². The minimum Gasteiger partial charge on any atom is -0.493 e. The van der Waals surface area contributed by atoms with Crippen LogP contribution in [0.25, 0.3) is 10.8 Å². The van der Waals surface area contributed by atoms with Gasteiger partial charge in [-0.25, -0.2) is 0 Å². The molecular weight excluding hydrogens is 346 g/mol. The summed E-state index contributed by atoms with van der Waals surface area (Å²) < 4.78 is 11.8. The highest BCUT2D eigenvalue weighted by Crippen LogP contribution is 2.28. The molecule has 0 unspecified atom stereocenters. The van der Waals surface area contributed by atoms with Crippen molar-refractivity contribution in [1.82, 2.24) is 5.32 Å². The lowest BCUT2D eigenvalue weighted by atomic mass is 10.0. The number of rotatable bonds is 9. The summed E-state index contributed by atoms with van der Waals surface area (Å²) in [6.45, 7) is 10.7. The van der Waals surface area contributed by atoms with Gasteiger partial charge in [0, 0.05) is 18.7 Å². The van der Waals surface area contributed by atoms with Gasteiger partial charge in [0.2, 0.25) is 0 Å². The van der Waals surface area contributed by atoms with E-state index in [1.54, 1.807) is 0 Å². The van der Waals surface area contributed by atoms with E-state index in [9.17, 15) is 0 Å². The molecule has 1 N–H and O–H groups in total. The molecule has 3 nitrogen and oxygen atoms in total. The van der Waals surface area contributed by atoms with E-state index in [0.717, 1.165) is 31.2 Å². The van der Waals surface area contributed by atoms with Crippen molar-refractivity contribution in [2.45, 2.75) is 46.9 Å². The molecule has 0 radical (unpaired) electrons. The van der Waals surface area contributed by atoms with Crippen LogP contribution in [0.3, 0.4) is 0 Å². The van der Waals surface area contributed by atoms with E-state index in [1.165, 1.54) is 21.9 Å². The maximum absolute atomic E-state index is 6.11. The largest absolute Gasteiger partial charge is 0.493 e. The lowest BCUT2D eigenvalue weighted by molar-refractivity contribution is 0.242. The summed E-state index contributed by atoms with van der Waals surface area (Å²) in [6.07, 6.45) is 0.194. The van der Waals surface area contributed by atoms with Crippen LogP contribution in [0.5, 0.6) is 11.5 Å². The van der Waals surface area contributed by atoms with Gasteiger partial charge in [-0.15, -0.1) is 0 Å². The average molecular weight is 378 g/mol. The van der Waals surface area contributed by atoms with Gasteiger partial charge in [0.25, 0.3) is 0 Å². The molecule has 0 bridgehead atoms. The summed E-state index contributed by atoms with van der Waals surface area (Å²) in [5, 5.41) is 6.07. The molecule has 0 fully saturated rings. The summed E-state index contributed by atoms with van der Waals surface area (Å²) in [7, 11) is 0. The summed E-state index contributed by atoms with van der Waals surface area (Å²) in [5.41, 5.74) is 2.46. The molecule has 0 amide bonds. The Balaban J connectivity index is 1.71. The zero-order valence-corrected chi connectivity index (χ0v) is 17.4. The lowest BCUT2D eigenvalue weighted by Crippen LogP contribution is -2.15. The van der Waals surface area contributed by atoms with Gasteiger partial charge in [0.15, 0.2) is 0 Å². The van der Waals surface area contributed by atoms with Crippen LogP contribution in [0, 0.1) is 5.92 Å². The van der Waals surface area contributed by atoms with E-state index in [4.69, 9.17) is 9.47 Å². The molecule has 0 aromatic heterocycles. The predicted octanol–water partition coefficient (Wildman–Crippen LogP) is 5.95. The number of hydrogen-bond donors (Lipinski definition) is 1. The normalized spacial score (nSPS) is 11.4. The topological polar surface area (TPSA) is 30.5 Å². The maximum atomic E-state index is 6.11. The van der Waals surface area contributed by atoms with E-state index < -0.39 is 0 Å². The van der Waals surface area contributed by atoms with Crippen LogP contribution in [0.1, 0.15) is 38.8 Å². The van der Waals surface area contributed by atoms with Crippen molar-refractivity contribution in [2.24, 2.45) is 5.92 Å². The van der Waals surface area contributed by atoms with Gasteiger partial charge >= 0.3 is 0 Å². The third-order valence-corrected chi connectivity index (χ3v) is 4.50. The Morgan fingerprint density at radius 2 is 1.57 bits per heavy atom. The molecule has 0 saturated heterocycles. The predicted molar refractivity (Wildman–Crippen MR) is 117 cm³/mol. The first-order valence-electron chi connectivity index (χ1n) is 10.1. The van der Waals surface area contributed by atoms with Crippen molar-refractivity contribution in [3.8, 4) is 11.5 Å². The summed E-state index contributed by atoms with van der Waals surface area (Å²) in [5.74, 6) is 2.39. The second-order valence-corrected chi connectivity index (χ2v) is 7.88. The molecule has 0 atom stereocenters. The molecule has 0 spiro atoms. The summed E-state index contributed by atoms with van der Waals surface area (Å²) in [4.78, 5) is 0. The van der Waals surface area contributed by atoms with Crippen LogP contribution in [0.15, 0.2) is 60.7 Å². The quantitative estimate of drug-likeness (QED) is 0.500. The van der Waals surface area contributed by atoms with Crippen LogP contribution in [-0.4, -0.2) is 12.7 Å². The molecule has 3 aromatic rings. The SMILES string of the molecule is CC(C)COc1ccc2ccccc2c1CNCc1ccc(OC(C)C)cc1. The molecule has 3 heteroatoms.